The van der Waals surface area contributed by atoms with Crippen LogP contribution in [0.3, 0.4) is 0 Å². The lowest BCUT2D eigenvalue weighted by atomic mass is 10.1. The highest BCUT2D eigenvalue weighted by Gasteiger charge is 2.13. The number of aromatic nitrogens is 1. The van der Waals surface area contributed by atoms with Gasteiger partial charge in [-0.15, -0.1) is 11.3 Å². The SMILES string of the molecule is Cc1ncc(C(C)NC(C)c2ccoc2)s1. The number of nitrogens with zero attached hydrogens (tertiary/aromatic N) is 1. The predicted molar refractivity (Wildman–Crippen MR) is 65.5 cm³/mol. The molecular weight excluding hydrogens is 220 g/mol. The molecule has 2 heterocycles. The summed E-state index contributed by atoms with van der Waals surface area (Å²) in [6, 6.07) is 2.59. The van der Waals surface area contributed by atoms with E-state index in [2.05, 4.69) is 24.1 Å². The van der Waals surface area contributed by atoms with Gasteiger partial charge in [0.1, 0.15) is 0 Å². The quantitative estimate of drug-likeness (QED) is 0.883. The van der Waals surface area contributed by atoms with Gasteiger partial charge in [-0.25, -0.2) is 4.98 Å². The predicted octanol–water partition coefficient (Wildman–Crippen LogP) is 3.46. The van der Waals surface area contributed by atoms with E-state index >= 15 is 0 Å². The number of hydrogen-bond donors (Lipinski definition) is 1. The van der Waals surface area contributed by atoms with E-state index in [9.17, 15) is 0 Å². The number of furan rings is 1. The molecule has 4 heteroatoms. The molecule has 2 atom stereocenters. The Bertz CT molecular complexity index is 436. The largest absolute Gasteiger partial charge is 0.472 e. The molecule has 0 aliphatic rings. The molecule has 2 unspecified atom stereocenters. The van der Waals surface area contributed by atoms with Crippen LogP contribution < -0.4 is 5.32 Å². The maximum absolute atomic E-state index is 5.08. The van der Waals surface area contributed by atoms with Crippen LogP contribution in [-0.4, -0.2) is 4.98 Å². The standard InChI is InChI=1S/C12H16N2OS/c1-8(11-4-5-15-7-11)14-9(2)12-6-13-10(3)16-12/h4-9,14H,1-3H3. The topological polar surface area (TPSA) is 38.1 Å². The van der Waals surface area contributed by atoms with E-state index in [0.717, 1.165) is 5.01 Å². The molecule has 86 valence electrons. The maximum Gasteiger partial charge on any atom is 0.0950 e. The third-order valence-electron chi connectivity index (χ3n) is 2.61. The van der Waals surface area contributed by atoms with Crippen molar-refractivity contribution in [2.45, 2.75) is 32.9 Å². The highest BCUT2D eigenvalue weighted by Crippen LogP contribution is 2.23. The molecule has 2 aromatic heterocycles. The average Bonchev–Trinajstić information content (AvgIpc) is 2.87. The Labute approximate surface area is 99.5 Å². The molecule has 0 radical (unpaired) electrons. The van der Waals surface area contributed by atoms with Crippen LogP contribution in [0.5, 0.6) is 0 Å². The van der Waals surface area contributed by atoms with Gasteiger partial charge in [0.25, 0.3) is 0 Å². The molecule has 3 nitrogen and oxygen atoms in total. The number of rotatable bonds is 4. The van der Waals surface area contributed by atoms with Gasteiger partial charge in [0.2, 0.25) is 0 Å². The first kappa shape index (κ1) is 11.4. The molecule has 0 bridgehead atoms. The molecule has 1 N–H and O–H groups in total. The molecule has 0 amide bonds. The van der Waals surface area contributed by atoms with E-state index in [1.165, 1.54) is 10.4 Å². The Hall–Kier alpha value is -1.13. The first-order valence-corrected chi connectivity index (χ1v) is 6.19. The highest BCUT2D eigenvalue weighted by molar-refractivity contribution is 7.11. The Balaban J connectivity index is 2.00. The summed E-state index contributed by atoms with van der Waals surface area (Å²) in [5.41, 5.74) is 1.17. The third kappa shape index (κ3) is 2.51. The van der Waals surface area contributed by atoms with Crippen molar-refractivity contribution in [1.29, 1.82) is 0 Å². The van der Waals surface area contributed by atoms with E-state index in [0.29, 0.717) is 6.04 Å². The normalized spacial score (nSPS) is 14.9. The van der Waals surface area contributed by atoms with Crippen molar-refractivity contribution >= 4 is 11.3 Å². The van der Waals surface area contributed by atoms with Crippen molar-refractivity contribution in [1.82, 2.24) is 10.3 Å². The highest BCUT2D eigenvalue weighted by atomic mass is 32.1. The zero-order valence-electron chi connectivity index (χ0n) is 9.73. The Morgan fingerprint density at radius 3 is 2.75 bits per heavy atom. The van der Waals surface area contributed by atoms with Gasteiger partial charge < -0.3 is 9.73 Å². The summed E-state index contributed by atoms with van der Waals surface area (Å²) in [5.74, 6) is 0. The fourth-order valence-corrected chi connectivity index (χ4v) is 2.45. The fourth-order valence-electron chi connectivity index (χ4n) is 1.65. The molecular formula is C12H16N2OS. The van der Waals surface area contributed by atoms with Crippen LogP contribution in [0.15, 0.2) is 29.2 Å². The van der Waals surface area contributed by atoms with Crippen LogP contribution >= 0.6 is 11.3 Å². The van der Waals surface area contributed by atoms with Gasteiger partial charge in [0.15, 0.2) is 0 Å². The lowest BCUT2D eigenvalue weighted by molar-refractivity contribution is 0.490. The fraction of sp³-hybridized carbons (Fsp3) is 0.417. The van der Waals surface area contributed by atoms with Crippen LogP contribution in [0.1, 0.15) is 41.4 Å². The number of hydrogen-bond acceptors (Lipinski definition) is 4. The van der Waals surface area contributed by atoms with Gasteiger partial charge in [0.05, 0.1) is 17.5 Å². The second kappa shape index (κ2) is 4.80. The molecule has 0 aliphatic heterocycles. The van der Waals surface area contributed by atoms with Crippen LogP contribution in [-0.2, 0) is 0 Å². The minimum absolute atomic E-state index is 0.288. The summed E-state index contributed by atoms with van der Waals surface area (Å²) in [6.07, 6.45) is 5.43. The van der Waals surface area contributed by atoms with Crippen LogP contribution in [0.4, 0.5) is 0 Å². The van der Waals surface area contributed by atoms with Crippen LogP contribution in [0.2, 0.25) is 0 Å². The lowest BCUT2D eigenvalue weighted by Crippen LogP contribution is -2.21. The van der Waals surface area contributed by atoms with Crippen LogP contribution in [0, 0.1) is 6.92 Å². The van der Waals surface area contributed by atoms with Gasteiger partial charge in [-0.2, -0.15) is 0 Å². The minimum atomic E-state index is 0.288. The second-order valence-electron chi connectivity index (χ2n) is 3.95. The van der Waals surface area contributed by atoms with E-state index in [1.807, 2.05) is 19.2 Å². The molecule has 0 fully saturated rings. The van der Waals surface area contributed by atoms with E-state index in [1.54, 1.807) is 23.9 Å². The van der Waals surface area contributed by atoms with Crippen molar-refractivity contribution in [3.8, 4) is 0 Å². The van der Waals surface area contributed by atoms with Crippen molar-refractivity contribution in [3.05, 3.63) is 40.2 Å². The smallest absolute Gasteiger partial charge is 0.0950 e. The molecule has 0 saturated carbocycles. The van der Waals surface area contributed by atoms with E-state index in [4.69, 9.17) is 4.42 Å². The van der Waals surface area contributed by atoms with Gasteiger partial charge in [-0.3, -0.25) is 0 Å². The Morgan fingerprint density at radius 1 is 1.38 bits per heavy atom. The third-order valence-corrected chi connectivity index (χ3v) is 3.70. The summed E-state index contributed by atoms with van der Waals surface area (Å²) in [7, 11) is 0. The molecule has 0 spiro atoms. The monoisotopic (exact) mass is 236 g/mol. The number of aryl methyl sites for hydroxylation is 1. The minimum Gasteiger partial charge on any atom is -0.472 e. The Morgan fingerprint density at radius 2 is 2.19 bits per heavy atom. The van der Waals surface area contributed by atoms with Gasteiger partial charge in [-0.05, 0) is 26.8 Å². The van der Waals surface area contributed by atoms with Crippen LogP contribution in [0.25, 0.3) is 0 Å². The van der Waals surface area contributed by atoms with E-state index < -0.39 is 0 Å². The van der Waals surface area contributed by atoms with Crippen molar-refractivity contribution in [2.75, 3.05) is 0 Å². The summed E-state index contributed by atoms with van der Waals surface area (Å²) in [4.78, 5) is 5.54. The molecule has 0 saturated heterocycles. The zero-order chi connectivity index (χ0) is 11.5. The molecule has 0 aliphatic carbocycles. The summed E-state index contributed by atoms with van der Waals surface area (Å²) < 4.78 is 5.08. The molecule has 0 aromatic carbocycles. The van der Waals surface area contributed by atoms with Crippen molar-refractivity contribution in [3.63, 3.8) is 0 Å². The van der Waals surface area contributed by atoms with Gasteiger partial charge in [-0.1, -0.05) is 0 Å². The average molecular weight is 236 g/mol. The summed E-state index contributed by atoms with van der Waals surface area (Å²) in [5, 5.41) is 4.63. The first-order chi connectivity index (χ1) is 7.66. The molecule has 2 rings (SSSR count). The second-order valence-corrected chi connectivity index (χ2v) is 5.21. The molecule has 16 heavy (non-hydrogen) atoms. The molecule has 2 aromatic rings. The first-order valence-electron chi connectivity index (χ1n) is 5.37. The van der Waals surface area contributed by atoms with E-state index in [-0.39, 0.29) is 6.04 Å². The number of thiazole rings is 1. The van der Waals surface area contributed by atoms with Gasteiger partial charge in [0, 0.05) is 28.7 Å². The van der Waals surface area contributed by atoms with Crippen molar-refractivity contribution < 1.29 is 4.42 Å². The lowest BCUT2D eigenvalue weighted by Gasteiger charge is -2.17. The van der Waals surface area contributed by atoms with Gasteiger partial charge >= 0.3 is 0 Å². The zero-order valence-corrected chi connectivity index (χ0v) is 10.5. The Kier molecular flexibility index (Phi) is 3.41. The maximum atomic E-state index is 5.08. The van der Waals surface area contributed by atoms with Crippen molar-refractivity contribution in [2.24, 2.45) is 0 Å². The summed E-state index contributed by atoms with van der Waals surface area (Å²) in [6.45, 7) is 6.32. The number of nitrogens with one attached hydrogen (secondary N) is 1. The summed E-state index contributed by atoms with van der Waals surface area (Å²) >= 11 is 1.74.